The number of hydrogen-bond acceptors (Lipinski definition) is 1. The number of aromatic amines is 1. The normalized spacial score (nSPS) is 10.0. The highest BCUT2D eigenvalue weighted by molar-refractivity contribution is 9.10. The van der Waals surface area contributed by atoms with Crippen molar-refractivity contribution in [3.05, 3.63) is 28.4 Å². The number of hydrogen-bond donors (Lipinski definition) is 1. The standard InChI is InChI=1S/C8H6BrClN2.ClH/c9-5-1-2-6-7(3-5)11-12-8(6)4-10;/h1-3H,4H2,(H,11,12);1H. The van der Waals surface area contributed by atoms with Gasteiger partial charge in [0.15, 0.2) is 0 Å². The molecule has 13 heavy (non-hydrogen) atoms. The predicted molar refractivity (Wildman–Crippen MR) is 60.6 cm³/mol. The SMILES string of the molecule is Cl.ClCc1[nH]nc2cc(Br)ccc12. The fourth-order valence-corrected chi connectivity index (χ4v) is 1.70. The summed E-state index contributed by atoms with van der Waals surface area (Å²) in [7, 11) is 0. The van der Waals surface area contributed by atoms with E-state index in [9.17, 15) is 0 Å². The fraction of sp³-hybridized carbons (Fsp3) is 0.125. The van der Waals surface area contributed by atoms with Crippen molar-refractivity contribution >= 4 is 50.8 Å². The number of halogens is 3. The van der Waals surface area contributed by atoms with E-state index in [-0.39, 0.29) is 12.4 Å². The lowest BCUT2D eigenvalue weighted by Gasteiger charge is -1.91. The van der Waals surface area contributed by atoms with Crippen LogP contribution in [-0.4, -0.2) is 10.2 Å². The molecule has 2 nitrogen and oxygen atoms in total. The van der Waals surface area contributed by atoms with Crippen molar-refractivity contribution in [2.45, 2.75) is 5.88 Å². The third-order valence-corrected chi connectivity index (χ3v) is 2.49. The van der Waals surface area contributed by atoms with Gasteiger partial charge in [0.25, 0.3) is 0 Å². The summed E-state index contributed by atoms with van der Waals surface area (Å²) in [4.78, 5) is 0. The Morgan fingerprint density at radius 1 is 1.46 bits per heavy atom. The van der Waals surface area contributed by atoms with Crippen LogP contribution in [0, 0.1) is 0 Å². The molecule has 0 saturated heterocycles. The summed E-state index contributed by atoms with van der Waals surface area (Å²) in [5.74, 6) is 0.470. The van der Waals surface area contributed by atoms with E-state index in [0.717, 1.165) is 21.1 Å². The summed E-state index contributed by atoms with van der Waals surface area (Å²) < 4.78 is 1.03. The van der Waals surface area contributed by atoms with Gasteiger partial charge in [-0.3, -0.25) is 5.10 Å². The summed E-state index contributed by atoms with van der Waals surface area (Å²) in [5, 5.41) is 8.09. The molecule has 70 valence electrons. The first-order chi connectivity index (χ1) is 5.81. The van der Waals surface area contributed by atoms with E-state index in [4.69, 9.17) is 11.6 Å². The first kappa shape index (κ1) is 10.8. The van der Waals surface area contributed by atoms with Gasteiger partial charge < -0.3 is 0 Å². The van der Waals surface area contributed by atoms with Crippen LogP contribution in [0.5, 0.6) is 0 Å². The Bertz CT molecular complexity index is 413. The molecule has 0 bridgehead atoms. The van der Waals surface area contributed by atoms with Crippen molar-refractivity contribution in [1.29, 1.82) is 0 Å². The lowest BCUT2D eigenvalue weighted by atomic mass is 10.2. The molecular weight excluding hydrogens is 275 g/mol. The smallest absolute Gasteiger partial charge is 0.0935 e. The Morgan fingerprint density at radius 3 is 2.92 bits per heavy atom. The first-order valence-electron chi connectivity index (χ1n) is 3.50. The molecule has 1 N–H and O–H groups in total. The van der Waals surface area contributed by atoms with Crippen LogP contribution in [0.2, 0.25) is 0 Å². The first-order valence-corrected chi connectivity index (χ1v) is 4.82. The fourth-order valence-electron chi connectivity index (χ4n) is 1.14. The van der Waals surface area contributed by atoms with Gasteiger partial charge in [-0.1, -0.05) is 15.9 Å². The Morgan fingerprint density at radius 2 is 2.23 bits per heavy atom. The van der Waals surface area contributed by atoms with Crippen LogP contribution in [-0.2, 0) is 5.88 Å². The molecule has 0 unspecified atom stereocenters. The summed E-state index contributed by atoms with van der Waals surface area (Å²) in [6.07, 6.45) is 0. The third kappa shape index (κ3) is 1.98. The van der Waals surface area contributed by atoms with Crippen molar-refractivity contribution in [3.8, 4) is 0 Å². The highest BCUT2D eigenvalue weighted by atomic mass is 79.9. The van der Waals surface area contributed by atoms with E-state index < -0.39 is 0 Å². The predicted octanol–water partition coefficient (Wildman–Crippen LogP) is 3.49. The summed E-state index contributed by atoms with van der Waals surface area (Å²) >= 11 is 9.08. The Labute approximate surface area is 95.2 Å². The lowest BCUT2D eigenvalue weighted by Crippen LogP contribution is -1.76. The molecule has 0 aliphatic rings. The number of fused-ring (bicyclic) bond motifs is 1. The number of H-pyrrole nitrogens is 1. The van der Waals surface area contributed by atoms with Gasteiger partial charge in [-0.2, -0.15) is 5.10 Å². The quantitative estimate of drug-likeness (QED) is 0.797. The van der Waals surface area contributed by atoms with Crippen molar-refractivity contribution in [3.63, 3.8) is 0 Å². The highest BCUT2D eigenvalue weighted by Gasteiger charge is 2.03. The van der Waals surface area contributed by atoms with Gasteiger partial charge in [-0.05, 0) is 18.2 Å². The van der Waals surface area contributed by atoms with E-state index in [1.54, 1.807) is 0 Å². The maximum atomic E-state index is 5.70. The van der Waals surface area contributed by atoms with E-state index in [0.29, 0.717) is 5.88 Å². The molecule has 5 heteroatoms. The van der Waals surface area contributed by atoms with E-state index in [2.05, 4.69) is 26.1 Å². The molecule has 0 atom stereocenters. The van der Waals surface area contributed by atoms with Gasteiger partial charge in [0.2, 0.25) is 0 Å². The summed E-state index contributed by atoms with van der Waals surface area (Å²) in [6.45, 7) is 0. The number of nitrogens with one attached hydrogen (secondary N) is 1. The zero-order valence-electron chi connectivity index (χ0n) is 6.55. The Kier molecular flexibility index (Phi) is 3.59. The molecule has 0 radical (unpaired) electrons. The second-order valence-corrected chi connectivity index (χ2v) is 3.68. The molecule has 2 aromatic rings. The number of alkyl halides is 1. The van der Waals surface area contributed by atoms with E-state index >= 15 is 0 Å². The monoisotopic (exact) mass is 280 g/mol. The highest BCUT2D eigenvalue weighted by Crippen LogP contribution is 2.21. The lowest BCUT2D eigenvalue weighted by molar-refractivity contribution is 1.05. The van der Waals surface area contributed by atoms with Gasteiger partial charge in [0, 0.05) is 9.86 Å². The van der Waals surface area contributed by atoms with Crippen LogP contribution in [0.3, 0.4) is 0 Å². The molecule has 0 saturated carbocycles. The number of benzene rings is 1. The molecular formula is C8H7BrCl2N2. The molecule has 0 spiro atoms. The Hall–Kier alpha value is -0.250. The second kappa shape index (κ2) is 4.31. The van der Waals surface area contributed by atoms with Crippen molar-refractivity contribution in [1.82, 2.24) is 10.2 Å². The van der Waals surface area contributed by atoms with E-state index in [1.165, 1.54) is 0 Å². The second-order valence-electron chi connectivity index (χ2n) is 2.50. The molecule has 1 aromatic carbocycles. The van der Waals surface area contributed by atoms with Gasteiger partial charge in [0.1, 0.15) is 0 Å². The maximum Gasteiger partial charge on any atom is 0.0935 e. The van der Waals surface area contributed by atoms with Crippen molar-refractivity contribution < 1.29 is 0 Å². The minimum Gasteiger partial charge on any atom is -0.280 e. The van der Waals surface area contributed by atoms with Crippen LogP contribution in [0.15, 0.2) is 22.7 Å². The van der Waals surface area contributed by atoms with Crippen molar-refractivity contribution in [2.24, 2.45) is 0 Å². The average molecular weight is 282 g/mol. The molecule has 0 amide bonds. The van der Waals surface area contributed by atoms with Crippen LogP contribution in [0.1, 0.15) is 5.69 Å². The average Bonchev–Trinajstić information content (AvgIpc) is 2.46. The topological polar surface area (TPSA) is 28.7 Å². The zero-order valence-corrected chi connectivity index (χ0v) is 9.71. The van der Waals surface area contributed by atoms with E-state index in [1.807, 2.05) is 18.2 Å². The largest absolute Gasteiger partial charge is 0.280 e. The van der Waals surface area contributed by atoms with Crippen LogP contribution in [0.4, 0.5) is 0 Å². The van der Waals surface area contributed by atoms with Crippen LogP contribution < -0.4 is 0 Å². The minimum atomic E-state index is 0. The summed E-state index contributed by atoms with van der Waals surface area (Å²) in [6, 6.07) is 5.94. The number of rotatable bonds is 1. The Balaban J connectivity index is 0.000000845. The molecule has 0 aliphatic heterocycles. The maximum absolute atomic E-state index is 5.70. The minimum absolute atomic E-state index is 0. The van der Waals surface area contributed by atoms with Gasteiger partial charge >= 0.3 is 0 Å². The molecule has 0 aliphatic carbocycles. The molecule has 2 rings (SSSR count). The molecule has 1 aromatic heterocycles. The van der Waals surface area contributed by atoms with Crippen LogP contribution in [0.25, 0.3) is 10.9 Å². The zero-order chi connectivity index (χ0) is 8.55. The third-order valence-electron chi connectivity index (χ3n) is 1.73. The molecule has 1 heterocycles. The van der Waals surface area contributed by atoms with Crippen molar-refractivity contribution in [2.75, 3.05) is 0 Å². The number of aromatic nitrogens is 2. The van der Waals surface area contributed by atoms with Gasteiger partial charge in [-0.15, -0.1) is 24.0 Å². The number of nitrogens with zero attached hydrogens (tertiary/aromatic N) is 1. The van der Waals surface area contributed by atoms with Gasteiger partial charge in [0.05, 0.1) is 17.1 Å². The van der Waals surface area contributed by atoms with Gasteiger partial charge in [-0.25, -0.2) is 0 Å². The summed E-state index contributed by atoms with van der Waals surface area (Å²) in [5.41, 5.74) is 1.92. The molecule has 0 fully saturated rings. The van der Waals surface area contributed by atoms with Crippen LogP contribution >= 0.6 is 39.9 Å².